The molecule has 1 atom stereocenters. The Labute approximate surface area is 153 Å². The molecule has 0 aliphatic rings. The summed E-state index contributed by atoms with van der Waals surface area (Å²) in [5.74, 6) is -0.656. The first-order valence-corrected chi connectivity index (χ1v) is 8.47. The molecule has 0 amide bonds. The van der Waals surface area contributed by atoms with Gasteiger partial charge >= 0.3 is 11.9 Å². The number of hydrogen-bond donors (Lipinski definition) is 1. The quantitative estimate of drug-likeness (QED) is 0.754. The lowest BCUT2D eigenvalue weighted by Gasteiger charge is -2.23. The molecule has 0 unspecified atom stereocenters. The minimum Gasteiger partial charge on any atom is -0.485 e. The Bertz CT molecular complexity index is 729. The van der Waals surface area contributed by atoms with E-state index in [9.17, 15) is 9.59 Å². The standard InChI is InChI=1S/C21H24O5/c1-21(2,3)26-20(24)14-18(16-7-5-4-6-8-16)25-17-11-9-15(10-12-17)13-19(22)23/h4-12,18H,13-14H2,1-3H3,(H,22,23)/t18-/m1/s1. The van der Waals surface area contributed by atoms with Crippen LogP contribution in [0, 0.1) is 0 Å². The van der Waals surface area contributed by atoms with E-state index >= 15 is 0 Å². The lowest BCUT2D eigenvalue weighted by Crippen LogP contribution is -2.26. The molecule has 0 saturated carbocycles. The molecule has 0 radical (unpaired) electrons. The number of carbonyl (C=O) groups excluding carboxylic acids is 1. The molecule has 5 nitrogen and oxygen atoms in total. The summed E-state index contributed by atoms with van der Waals surface area (Å²) in [5, 5.41) is 8.84. The summed E-state index contributed by atoms with van der Waals surface area (Å²) in [6, 6.07) is 16.3. The number of ether oxygens (including phenoxy) is 2. The molecule has 2 rings (SSSR count). The molecule has 26 heavy (non-hydrogen) atoms. The van der Waals surface area contributed by atoms with Crippen LogP contribution in [0.4, 0.5) is 0 Å². The molecule has 138 valence electrons. The predicted octanol–water partition coefficient (Wildman–Crippen LogP) is 4.17. The van der Waals surface area contributed by atoms with Crippen LogP contribution in [-0.2, 0) is 20.7 Å². The average Bonchev–Trinajstić information content (AvgIpc) is 2.54. The SMILES string of the molecule is CC(C)(C)OC(=O)C[C@@H](Oc1ccc(CC(=O)O)cc1)c1ccccc1. The normalized spacial score (nSPS) is 12.3. The summed E-state index contributed by atoms with van der Waals surface area (Å²) in [6.45, 7) is 5.47. The zero-order valence-electron chi connectivity index (χ0n) is 15.3. The van der Waals surface area contributed by atoms with Crippen molar-refractivity contribution in [2.45, 2.75) is 45.3 Å². The third-order valence-electron chi connectivity index (χ3n) is 3.50. The molecule has 0 spiro atoms. The van der Waals surface area contributed by atoms with E-state index in [4.69, 9.17) is 14.6 Å². The van der Waals surface area contributed by atoms with Gasteiger partial charge in [0.15, 0.2) is 0 Å². The molecule has 0 aromatic heterocycles. The van der Waals surface area contributed by atoms with Gasteiger partial charge in [-0.3, -0.25) is 9.59 Å². The van der Waals surface area contributed by atoms with E-state index in [-0.39, 0.29) is 18.8 Å². The number of esters is 1. The lowest BCUT2D eigenvalue weighted by molar-refractivity contribution is -0.156. The molecular weight excluding hydrogens is 332 g/mol. The Hall–Kier alpha value is -2.82. The van der Waals surface area contributed by atoms with Crippen molar-refractivity contribution in [3.05, 3.63) is 65.7 Å². The van der Waals surface area contributed by atoms with E-state index in [1.807, 2.05) is 51.1 Å². The first-order valence-electron chi connectivity index (χ1n) is 8.47. The van der Waals surface area contributed by atoms with Crippen LogP contribution in [0.25, 0.3) is 0 Å². The predicted molar refractivity (Wildman–Crippen MR) is 98.1 cm³/mol. The molecule has 0 heterocycles. The fraction of sp³-hybridized carbons (Fsp3) is 0.333. The van der Waals surface area contributed by atoms with Gasteiger partial charge in [-0.25, -0.2) is 0 Å². The second-order valence-corrected chi connectivity index (χ2v) is 7.02. The number of aliphatic carboxylic acids is 1. The van der Waals surface area contributed by atoms with Gasteiger partial charge in [0.2, 0.25) is 0 Å². The topological polar surface area (TPSA) is 72.8 Å². The smallest absolute Gasteiger partial charge is 0.310 e. The molecule has 0 fully saturated rings. The first kappa shape index (κ1) is 19.5. The molecule has 0 aliphatic heterocycles. The van der Waals surface area contributed by atoms with Crippen LogP contribution in [0.2, 0.25) is 0 Å². The van der Waals surface area contributed by atoms with Crippen molar-refractivity contribution >= 4 is 11.9 Å². The maximum Gasteiger partial charge on any atom is 0.310 e. The lowest BCUT2D eigenvalue weighted by atomic mass is 10.1. The van der Waals surface area contributed by atoms with Crippen LogP contribution in [0.1, 0.15) is 44.4 Å². The van der Waals surface area contributed by atoms with Gasteiger partial charge in [0.1, 0.15) is 17.5 Å². The van der Waals surface area contributed by atoms with Gasteiger partial charge in [0, 0.05) is 0 Å². The second-order valence-electron chi connectivity index (χ2n) is 7.02. The van der Waals surface area contributed by atoms with E-state index in [0.29, 0.717) is 11.3 Å². The third-order valence-corrected chi connectivity index (χ3v) is 3.50. The van der Waals surface area contributed by atoms with Gasteiger partial charge in [0.25, 0.3) is 0 Å². The average molecular weight is 356 g/mol. The van der Waals surface area contributed by atoms with Crippen LogP contribution in [0.3, 0.4) is 0 Å². The highest BCUT2D eigenvalue weighted by Crippen LogP contribution is 2.26. The van der Waals surface area contributed by atoms with Crippen LogP contribution < -0.4 is 4.74 Å². The van der Waals surface area contributed by atoms with Gasteiger partial charge in [-0.1, -0.05) is 42.5 Å². The van der Waals surface area contributed by atoms with Crippen molar-refractivity contribution in [3.8, 4) is 5.75 Å². The molecule has 0 aliphatic carbocycles. The minimum atomic E-state index is -0.884. The largest absolute Gasteiger partial charge is 0.485 e. The maximum atomic E-state index is 12.2. The van der Waals surface area contributed by atoms with Gasteiger partial charge in [-0.15, -0.1) is 0 Å². The van der Waals surface area contributed by atoms with Gasteiger partial charge in [0.05, 0.1) is 12.8 Å². The van der Waals surface area contributed by atoms with Crippen LogP contribution in [0.15, 0.2) is 54.6 Å². The van der Waals surface area contributed by atoms with Crippen LogP contribution >= 0.6 is 0 Å². The fourth-order valence-corrected chi connectivity index (χ4v) is 2.45. The fourth-order valence-electron chi connectivity index (χ4n) is 2.45. The molecular formula is C21H24O5. The number of hydrogen-bond acceptors (Lipinski definition) is 4. The van der Waals surface area contributed by atoms with Crippen molar-refractivity contribution in [2.75, 3.05) is 0 Å². The zero-order chi connectivity index (χ0) is 19.2. The van der Waals surface area contributed by atoms with Crippen molar-refractivity contribution in [3.63, 3.8) is 0 Å². The van der Waals surface area contributed by atoms with Gasteiger partial charge in [-0.2, -0.15) is 0 Å². The van der Waals surface area contributed by atoms with Crippen LogP contribution in [-0.4, -0.2) is 22.6 Å². The number of benzene rings is 2. The summed E-state index contributed by atoms with van der Waals surface area (Å²) >= 11 is 0. The second kappa shape index (κ2) is 8.52. The Morgan fingerprint density at radius 1 is 1.00 bits per heavy atom. The van der Waals surface area contributed by atoms with Gasteiger partial charge < -0.3 is 14.6 Å². The highest BCUT2D eigenvalue weighted by molar-refractivity contribution is 5.71. The molecule has 5 heteroatoms. The monoisotopic (exact) mass is 356 g/mol. The molecule has 0 bridgehead atoms. The van der Waals surface area contributed by atoms with E-state index in [2.05, 4.69) is 0 Å². The molecule has 2 aromatic carbocycles. The first-order chi connectivity index (χ1) is 12.2. The highest BCUT2D eigenvalue weighted by Gasteiger charge is 2.23. The Kier molecular flexibility index (Phi) is 6.39. The van der Waals surface area contributed by atoms with E-state index < -0.39 is 17.7 Å². The van der Waals surface area contributed by atoms with Crippen molar-refractivity contribution in [1.82, 2.24) is 0 Å². The number of rotatable bonds is 7. The van der Waals surface area contributed by atoms with Gasteiger partial charge in [-0.05, 0) is 44.0 Å². The maximum absolute atomic E-state index is 12.2. The molecule has 0 saturated heterocycles. The van der Waals surface area contributed by atoms with E-state index in [1.54, 1.807) is 24.3 Å². The Morgan fingerprint density at radius 2 is 1.62 bits per heavy atom. The number of carboxylic acid groups (broad SMARTS) is 1. The van der Waals surface area contributed by atoms with Crippen molar-refractivity contribution in [2.24, 2.45) is 0 Å². The summed E-state index contributed by atoms with van der Waals surface area (Å²) < 4.78 is 11.4. The highest BCUT2D eigenvalue weighted by atomic mass is 16.6. The van der Waals surface area contributed by atoms with Crippen molar-refractivity contribution in [1.29, 1.82) is 0 Å². The van der Waals surface area contributed by atoms with Crippen LogP contribution in [0.5, 0.6) is 5.75 Å². The Morgan fingerprint density at radius 3 is 2.15 bits per heavy atom. The van der Waals surface area contributed by atoms with E-state index in [1.165, 1.54) is 0 Å². The Balaban J connectivity index is 2.14. The summed E-state index contributed by atoms with van der Waals surface area (Å²) in [6.07, 6.45) is -0.449. The molecule has 1 N–H and O–H groups in total. The zero-order valence-corrected chi connectivity index (χ0v) is 15.3. The summed E-state index contributed by atoms with van der Waals surface area (Å²) in [7, 11) is 0. The van der Waals surface area contributed by atoms with E-state index in [0.717, 1.165) is 5.56 Å². The number of carbonyl (C=O) groups is 2. The summed E-state index contributed by atoms with van der Waals surface area (Å²) in [5.41, 5.74) is 0.998. The van der Waals surface area contributed by atoms with Crippen molar-refractivity contribution < 1.29 is 24.2 Å². The molecule has 2 aromatic rings. The third kappa shape index (κ3) is 6.59. The summed E-state index contributed by atoms with van der Waals surface area (Å²) in [4.78, 5) is 23.0. The minimum absolute atomic E-state index is 0.0414. The number of carboxylic acids is 1.